The summed E-state index contributed by atoms with van der Waals surface area (Å²) in [5.74, 6) is 0. The summed E-state index contributed by atoms with van der Waals surface area (Å²) in [4.78, 5) is 9.93. The Kier molecular flexibility index (Phi) is 3.71. The van der Waals surface area contributed by atoms with Gasteiger partial charge in [-0.1, -0.05) is 18.2 Å². The zero-order valence-electron chi connectivity index (χ0n) is 7.84. The van der Waals surface area contributed by atoms with Gasteiger partial charge in [-0.05, 0) is 18.1 Å². The van der Waals surface area contributed by atoms with Gasteiger partial charge in [-0.2, -0.15) is 13.2 Å². The van der Waals surface area contributed by atoms with Crippen molar-refractivity contribution in [3.05, 3.63) is 35.4 Å². The fraction of sp³-hybridized carbons (Fsp3) is 0.300. The fourth-order valence-corrected chi connectivity index (χ4v) is 1.18. The first kappa shape index (κ1) is 11.6. The van der Waals surface area contributed by atoms with Gasteiger partial charge in [0.25, 0.3) is 0 Å². The molecule has 0 aliphatic carbocycles. The Morgan fingerprint density at radius 2 is 2.07 bits per heavy atom. The number of nitrogens with one attached hydrogen (secondary N) is 1. The molecular weight excluding hydrogens is 207 g/mol. The van der Waals surface area contributed by atoms with E-state index >= 15 is 0 Å². The molecule has 15 heavy (non-hydrogen) atoms. The number of alkyl halides is 3. The third-order valence-electron chi connectivity index (χ3n) is 1.90. The van der Waals surface area contributed by atoms with Crippen molar-refractivity contribution in [3.8, 4) is 0 Å². The predicted octanol–water partition coefficient (Wildman–Crippen LogP) is 1.99. The van der Waals surface area contributed by atoms with E-state index < -0.39 is 11.7 Å². The average molecular weight is 217 g/mol. The SMILES string of the molecule is O=CNCCc1cccc(C(F)(F)F)c1. The minimum absolute atomic E-state index is 0.338. The molecule has 1 aromatic carbocycles. The van der Waals surface area contributed by atoms with Crippen LogP contribution in [0, 0.1) is 0 Å². The molecule has 1 aromatic rings. The summed E-state index contributed by atoms with van der Waals surface area (Å²) in [7, 11) is 0. The standard InChI is InChI=1S/C10H10F3NO/c11-10(12,13)9-3-1-2-8(6-9)4-5-14-7-15/h1-3,6-7H,4-5H2,(H,14,15). The third kappa shape index (κ3) is 3.61. The quantitative estimate of drug-likeness (QED) is 0.606. The second-order valence-corrected chi connectivity index (χ2v) is 3.02. The number of amides is 1. The van der Waals surface area contributed by atoms with Crippen LogP contribution in [-0.4, -0.2) is 13.0 Å². The molecule has 0 atom stereocenters. The summed E-state index contributed by atoms with van der Waals surface area (Å²) in [5.41, 5.74) is -0.106. The smallest absolute Gasteiger partial charge is 0.358 e. The molecule has 0 saturated carbocycles. The Labute approximate surface area is 85.1 Å². The highest BCUT2D eigenvalue weighted by Crippen LogP contribution is 2.29. The van der Waals surface area contributed by atoms with Crippen molar-refractivity contribution in [2.45, 2.75) is 12.6 Å². The van der Waals surface area contributed by atoms with Crippen molar-refractivity contribution >= 4 is 6.41 Å². The summed E-state index contributed by atoms with van der Waals surface area (Å²) in [5, 5.41) is 2.39. The number of carbonyl (C=O) groups excluding carboxylic acids is 1. The summed E-state index contributed by atoms with van der Waals surface area (Å²) >= 11 is 0. The normalized spacial score (nSPS) is 11.1. The number of hydrogen-bond acceptors (Lipinski definition) is 1. The van der Waals surface area contributed by atoms with Crippen LogP contribution in [0.5, 0.6) is 0 Å². The summed E-state index contributed by atoms with van der Waals surface area (Å²) in [6.45, 7) is 0.338. The molecule has 0 saturated heterocycles. The van der Waals surface area contributed by atoms with E-state index in [9.17, 15) is 18.0 Å². The number of carbonyl (C=O) groups is 1. The molecule has 82 valence electrons. The Morgan fingerprint density at radius 1 is 1.33 bits per heavy atom. The zero-order valence-corrected chi connectivity index (χ0v) is 7.84. The van der Waals surface area contributed by atoms with Crippen LogP contribution < -0.4 is 5.32 Å². The van der Waals surface area contributed by atoms with Crippen LogP contribution in [0.1, 0.15) is 11.1 Å². The number of halogens is 3. The van der Waals surface area contributed by atoms with E-state index in [-0.39, 0.29) is 0 Å². The molecule has 0 fully saturated rings. The van der Waals surface area contributed by atoms with Crippen LogP contribution in [-0.2, 0) is 17.4 Å². The molecule has 1 amide bonds. The van der Waals surface area contributed by atoms with Crippen molar-refractivity contribution < 1.29 is 18.0 Å². The third-order valence-corrected chi connectivity index (χ3v) is 1.90. The lowest BCUT2D eigenvalue weighted by Crippen LogP contribution is -2.14. The Hall–Kier alpha value is -1.52. The van der Waals surface area contributed by atoms with E-state index in [1.807, 2.05) is 0 Å². The van der Waals surface area contributed by atoms with Gasteiger partial charge in [0, 0.05) is 6.54 Å². The van der Waals surface area contributed by atoms with E-state index in [2.05, 4.69) is 5.32 Å². The van der Waals surface area contributed by atoms with Gasteiger partial charge in [-0.15, -0.1) is 0 Å². The largest absolute Gasteiger partial charge is 0.416 e. The molecule has 0 unspecified atom stereocenters. The maximum Gasteiger partial charge on any atom is 0.416 e. The Bertz CT molecular complexity index is 336. The topological polar surface area (TPSA) is 29.1 Å². The Morgan fingerprint density at radius 3 is 2.67 bits per heavy atom. The highest BCUT2D eigenvalue weighted by Gasteiger charge is 2.30. The van der Waals surface area contributed by atoms with E-state index in [1.54, 1.807) is 6.07 Å². The van der Waals surface area contributed by atoms with Crippen LogP contribution in [0.4, 0.5) is 13.2 Å². The number of hydrogen-bond donors (Lipinski definition) is 1. The van der Waals surface area contributed by atoms with E-state index in [0.29, 0.717) is 24.9 Å². The average Bonchev–Trinajstić information content (AvgIpc) is 2.17. The predicted molar refractivity (Wildman–Crippen MR) is 49.2 cm³/mol. The molecule has 0 heterocycles. The molecular formula is C10H10F3NO. The minimum atomic E-state index is -4.31. The first-order chi connectivity index (χ1) is 7.04. The van der Waals surface area contributed by atoms with Crippen LogP contribution in [0.3, 0.4) is 0 Å². The fourth-order valence-electron chi connectivity index (χ4n) is 1.18. The Balaban J connectivity index is 2.70. The van der Waals surface area contributed by atoms with Gasteiger partial charge in [0.1, 0.15) is 0 Å². The van der Waals surface area contributed by atoms with Crippen molar-refractivity contribution in [1.82, 2.24) is 5.32 Å². The van der Waals surface area contributed by atoms with Gasteiger partial charge in [-0.25, -0.2) is 0 Å². The van der Waals surface area contributed by atoms with Crippen LogP contribution in [0.15, 0.2) is 24.3 Å². The molecule has 1 N–H and O–H groups in total. The van der Waals surface area contributed by atoms with Gasteiger partial charge in [0.2, 0.25) is 6.41 Å². The molecule has 0 spiro atoms. The second kappa shape index (κ2) is 4.82. The van der Waals surface area contributed by atoms with E-state index in [1.165, 1.54) is 6.07 Å². The molecule has 0 aromatic heterocycles. The molecule has 0 aliphatic rings. The van der Waals surface area contributed by atoms with Crippen LogP contribution in [0.2, 0.25) is 0 Å². The first-order valence-electron chi connectivity index (χ1n) is 4.37. The van der Waals surface area contributed by atoms with Crippen molar-refractivity contribution in [3.63, 3.8) is 0 Å². The highest BCUT2D eigenvalue weighted by atomic mass is 19.4. The van der Waals surface area contributed by atoms with Gasteiger partial charge in [0.05, 0.1) is 5.56 Å². The monoisotopic (exact) mass is 217 g/mol. The zero-order chi connectivity index (χ0) is 11.3. The maximum absolute atomic E-state index is 12.3. The molecule has 5 heteroatoms. The summed E-state index contributed by atoms with van der Waals surface area (Å²) in [6.07, 6.45) is -3.40. The van der Waals surface area contributed by atoms with Crippen molar-refractivity contribution in [2.75, 3.05) is 6.54 Å². The lowest BCUT2D eigenvalue weighted by atomic mass is 10.1. The highest BCUT2D eigenvalue weighted by molar-refractivity contribution is 5.45. The van der Waals surface area contributed by atoms with Crippen molar-refractivity contribution in [2.24, 2.45) is 0 Å². The van der Waals surface area contributed by atoms with Gasteiger partial charge in [0.15, 0.2) is 0 Å². The van der Waals surface area contributed by atoms with E-state index in [4.69, 9.17) is 0 Å². The van der Waals surface area contributed by atoms with Crippen LogP contribution >= 0.6 is 0 Å². The lowest BCUT2D eigenvalue weighted by Gasteiger charge is -2.08. The van der Waals surface area contributed by atoms with Crippen molar-refractivity contribution in [1.29, 1.82) is 0 Å². The van der Waals surface area contributed by atoms with Crippen LogP contribution in [0.25, 0.3) is 0 Å². The minimum Gasteiger partial charge on any atom is -0.358 e. The lowest BCUT2D eigenvalue weighted by molar-refractivity contribution is -0.137. The molecule has 2 nitrogen and oxygen atoms in total. The molecule has 0 aliphatic heterocycles. The second-order valence-electron chi connectivity index (χ2n) is 3.02. The van der Waals surface area contributed by atoms with Gasteiger partial charge < -0.3 is 5.32 Å². The first-order valence-corrected chi connectivity index (χ1v) is 4.37. The van der Waals surface area contributed by atoms with E-state index in [0.717, 1.165) is 12.1 Å². The van der Waals surface area contributed by atoms with Gasteiger partial charge in [-0.3, -0.25) is 4.79 Å². The number of rotatable bonds is 4. The maximum atomic E-state index is 12.3. The molecule has 1 rings (SSSR count). The molecule has 0 radical (unpaired) electrons. The number of benzene rings is 1. The van der Waals surface area contributed by atoms with Gasteiger partial charge >= 0.3 is 6.18 Å². The summed E-state index contributed by atoms with van der Waals surface area (Å²) < 4.78 is 36.9. The molecule has 0 bridgehead atoms. The summed E-state index contributed by atoms with van der Waals surface area (Å²) in [6, 6.07) is 5.07.